The minimum atomic E-state index is 0.00991. The SMILES string of the molecule is Cc1ccc(C)c(C(Cl)Cc2cccc3ccccc23)c1. The molecular formula is C20H19Cl. The summed E-state index contributed by atoms with van der Waals surface area (Å²) in [7, 11) is 0. The average Bonchev–Trinajstić information content (AvgIpc) is 2.50. The molecule has 0 N–H and O–H groups in total. The van der Waals surface area contributed by atoms with E-state index >= 15 is 0 Å². The van der Waals surface area contributed by atoms with Gasteiger partial charge in [-0.25, -0.2) is 0 Å². The molecule has 0 fully saturated rings. The zero-order chi connectivity index (χ0) is 14.8. The molecule has 0 amide bonds. The van der Waals surface area contributed by atoms with Crippen LogP contribution >= 0.6 is 11.6 Å². The molecule has 0 aliphatic heterocycles. The van der Waals surface area contributed by atoms with Gasteiger partial charge in [0, 0.05) is 0 Å². The second-order valence-corrected chi connectivity index (χ2v) is 6.20. The number of alkyl halides is 1. The van der Waals surface area contributed by atoms with Crippen molar-refractivity contribution in [3.63, 3.8) is 0 Å². The van der Waals surface area contributed by atoms with Crippen molar-refractivity contribution in [1.82, 2.24) is 0 Å². The molecule has 3 aromatic carbocycles. The summed E-state index contributed by atoms with van der Waals surface area (Å²) in [6.45, 7) is 4.25. The zero-order valence-corrected chi connectivity index (χ0v) is 13.2. The van der Waals surface area contributed by atoms with Gasteiger partial charge in [0.25, 0.3) is 0 Å². The summed E-state index contributed by atoms with van der Waals surface area (Å²) in [4.78, 5) is 0. The van der Waals surface area contributed by atoms with Crippen molar-refractivity contribution < 1.29 is 0 Å². The number of halogens is 1. The molecule has 1 heteroatoms. The highest BCUT2D eigenvalue weighted by molar-refractivity contribution is 6.21. The van der Waals surface area contributed by atoms with E-state index in [1.54, 1.807) is 0 Å². The van der Waals surface area contributed by atoms with Crippen LogP contribution in [0, 0.1) is 13.8 Å². The van der Waals surface area contributed by atoms with E-state index < -0.39 is 0 Å². The molecule has 0 saturated carbocycles. The molecule has 0 radical (unpaired) electrons. The summed E-state index contributed by atoms with van der Waals surface area (Å²) in [6, 6.07) is 21.5. The van der Waals surface area contributed by atoms with Crippen LogP contribution in [0.2, 0.25) is 0 Å². The lowest BCUT2D eigenvalue weighted by atomic mass is 9.95. The molecule has 3 aromatic rings. The van der Waals surface area contributed by atoms with E-state index in [1.165, 1.54) is 33.0 Å². The first-order valence-electron chi connectivity index (χ1n) is 7.33. The molecule has 0 bridgehead atoms. The van der Waals surface area contributed by atoms with Crippen LogP contribution in [0.1, 0.15) is 27.6 Å². The molecule has 0 aliphatic rings. The van der Waals surface area contributed by atoms with Crippen LogP contribution in [0.5, 0.6) is 0 Å². The highest BCUT2D eigenvalue weighted by Crippen LogP contribution is 2.31. The van der Waals surface area contributed by atoms with Gasteiger partial charge in [-0.2, -0.15) is 0 Å². The molecule has 0 heterocycles. The maximum absolute atomic E-state index is 6.72. The van der Waals surface area contributed by atoms with Gasteiger partial charge in [-0.1, -0.05) is 66.2 Å². The second kappa shape index (κ2) is 5.91. The maximum atomic E-state index is 6.72. The Morgan fingerprint density at radius 3 is 2.52 bits per heavy atom. The van der Waals surface area contributed by atoms with Gasteiger partial charge in [0.05, 0.1) is 5.38 Å². The first kappa shape index (κ1) is 14.2. The van der Waals surface area contributed by atoms with Crippen LogP contribution in [0.3, 0.4) is 0 Å². The van der Waals surface area contributed by atoms with E-state index in [-0.39, 0.29) is 5.38 Å². The Morgan fingerprint density at radius 2 is 1.67 bits per heavy atom. The summed E-state index contributed by atoms with van der Waals surface area (Å²) in [5.41, 5.74) is 5.08. The summed E-state index contributed by atoms with van der Waals surface area (Å²) in [5.74, 6) is 0. The largest absolute Gasteiger partial charge is 0.117 e. The van der Waals surface area contributed by atoms with Crippen LogP contribution in [0.4, 0.5) is 0 Å². The molecule has 0 aliphatic carbocycles. The Labute approximate surface area is 131 Å². The van der Waals surface area contributed by atoms with Crippen molar-refractivity contribution in [2.45, 2.75) is 25.6 Å². The Hall–Kier alpha value is -1.79. The summed E-state index contributed by atoms with van der Waals surface area (Å²) in [6.07, 6.45) is 0.854. The lowest BCUT2D eigenvalue weighted by molar-refractivity contribution is 0.915. The van der Waals surface area contributed by atoms with Crippen LogP contribution in [-0.2, 0) is 6.42 Å². The third kappa shape index (κ3) is 2.96. The van der Waals surface area contributed by atoms with E-state index in [9.17, 15) is 0 Å². The molecule has 0 saturated heterocycles. The number of rotatable bonds is 3. The lowest BCUT2D eigenvalue weighted by Crippen LogP contribution is -1.99. The Balaban J connectivity index is 1.96. The normalized spacial score (nSPS) is 12.5. The third-order valence-electron chi connectivity index (χ3n) is 4.05. The summed E-state index contributed by atoms with van der Waals surface area (Å²) < 4.78 is 0. The molecule has 1 unspecified atom stereocenters. The average molecular weight is 295 g/mol. The van der Waals surface area contributed by atoms with Gasteiger partial charge in [-0.3, -0.25) is 0 Å². The molecule has 21 heavy (non-hydrogen) atoms. The fourth-order valence-corrected chi connectivity index (χ4v) is 3.27. The summed E-state index contributed by atoms with van der Waals surface area (Å²) in [5, 5.41) is 2.59. The van der Waals surface area contributed by atoms with Gasteiger partial charge in [0.1, 0.15) is 0 Å². The van der Waals surface area contributed by atoms with Crippen molar-refractivity contribution in [1.29, 1.82) is 0 Å². The lowest BCUT2D eigenvalue weighted by Gasteiger charge is -2.15. The molecule has 0 spiro atoms. The molecule has 106 valence electrons. The molecule has 0 aromatic heterocycles. The van der Waals surface area contributed by atoms with Crippen molar-refractivity contribution in [3.05, 3.63) is 82.9 Å². The van der Waals surface area contributed by atoms with E-state index in [0.29, 0.717) is 0 Å². The van der Waals surface area contributed by atoms with E-state index in [1.807, 2.05) is 0 Å². The van der Waals surface area contributed by atoms with Crippen molar-refractivity contribution in [2.24, 2.45) is 0 Å². The molecular weight excluding hydrogens is 276 g/mol. The van der Waals surface area contributed by atoms with Gasteiger partial charge in [0.2, 0.25) is 0 Å². The Bertz CT molecular complexity index is 768. The summed E-state index contributed by atoms with van der Waals surface area (Å²) >= 11 is 6.72. The minimum absolute atomic E-state index is 0.00991. The van der Waals surface area contributed by atoms with Crippen LogP contribution in [-0.4, -0.2) is 0 Å². The van der Waals surface area contributed by atoms with Gasteiger partial charge < -0.3 is 0 Å². The van der Waals surface area contributed by atoms with Gasteiger partial charge >= 0.3 is 0 Å². The smallest absolute Gasteiger partial charge is 0.0628 e. The number of hydrogen-bond donors (Lipinski definition) is 0. The predicted molar refractivity (Wildman–Crippen MR) is 92.2 cm³/mol. The maximum Gasteiger partial charge on any atom is 0.0628 e. The first-order valence-corrected chi connectivity index (χ1v) is 7.76. The zero-order valence-electron chi connectivity index (χ0n) is 12.4. The number of benzene rings is 3. The first-order chi connectivity index (χ1) is 10.1. The standard InChI is InChI=1S/C20H19Cl/c1-14-10-11-15(2)19(12-14)20(21)13-17-8-5-7-16-6-3-4-9-18(16)17/h3-12,20H,13H2,1-2H3. The monoisotopic (exact) mass is 294 g/mol. The van der Waals surface area contributed by atoms with E-state index in [4.69, 9.17) is 11.6 Å². The number of hydrogen-bond acceptors (Lipinski definition) is 0. The van der Waals surface area contributed by atoms with Crippen molar-refractivity contribution in [2.75, 3.05) is 0 Å². The van der Waals surface area contributed by atoms with Crippen LogP contribution in [0.15, 0.2) is 60.7 Å². The van der Waals surface area contributed by atoms with Gasteiger partial charge in [-0.05, 0) is 47.7 Å². The highest BCUT2D eigenvalue weighted by Gasteiger charge is 2.13. The Morgan fingerprint density at radius 1 is 0.905 bits per heavy atom. The van der Waals surface area contributed by atoms with Crippen molar-refractivity contribution >= 4 is 22.4 Å². The van der Waals surface area contributed by atoms with E-state index in [0.717, 1.165) is 6.42 Å². The Kier molecular flexibility index (Phi) is 3.98. The number of fused-ring (bicyclic) bond motifs is 1. The highest BCUT2D eigenvalue weighted by atomic mass is 35.5. The van der Waals surface area contributed by atoms with Gasteiger partial charge in [0.15, 0.2) is 0 Å². The van der Waals surface area contributed by atoms with Crippen LogP contribution in [0.25, 0.3) is 10.8 Å². The van der Waals surface area contributed by atoms with Crippen LogP contribution < -0.4 is 0 Å². The van der Waals surface area contributed by atoms with E-state index in [2.05, 4.69) is 74.5 Å². The van der Waals surface area contributed by atoms with Gasteiger partial charge in [-0.15, -0.1) is 11.6 Å². The third-order valence-corrected chi connectivity index (χ3v) is 4.44. The molecule has 0 nitrogen and oxygen atoms in total. The molecule has 1 atom stereocenters. The quantitative estimate of drug-likeness (QED) is 0.521. The predicted octanol–water partition coefficient (Wildman–Crippen LogP) is 5.98. The number of aryl methyl sites for hydroxylation is 2. The fraction of sp³-hybridized carbons (Fsp3) is 0.200. The van der Waals surface area contributed by atoms with Crippen molar-refractivity contribution in [3.8, 4) is 0 Å². The second-order valence-electron chi connectivity index (χ2n) is 5.67. The minimum Gasteiger partial charge on any atom is -0.117 e. The molecule has 3 rings (SSSR count). The fourth-order valence-electron chi connectivity index (χ4n) is 2.87. The topological polar surface area (TPSA) is 0 Å².